The monoisotopic (exact) mass is 455 g/mol. The van der Waals surface area contributed by atoms with Crippen LogP contribution in [0.2, 0.25) is 0 Å². The van der Waals surface area contributed by atoms with Crippen LogP contribution in [-0.4, -0.2) is 63.1 Å². The number of hydrogen-bond acceptors (Lipinski definition) is 6. The molecule has 0 saturated carbocycles. The van der Waals surface area contributed by atoms with E-state index in [0.717, 1.165) is 61.9 Å². The van der Waals surface area contributed by atoms with E-state index < -0.39 is 0 Å². The van der Waals surface area contributed by atoms with Crippen LogP contribution in [0.4, 0.5) is 11.4 Å². The molecule has 0 atom stereocenters. The maximum absolute atomic E-state index is 13.2. The third kappa shape index (κ3) is 4.63. The summed E-state index contributed by atoms with van der Waals surface area (Å²) in [4.78, 5) is 26.7. The van der Waals surface area contributed by atoms with Crippen molar-refractivity contribution < 1.29 is 4.79 Å². The molecule has 0 radical (unpaired) electrons. The zero-order valence-electron chi connectivity index (χ0n) is 19.6. The minimum atomic E-state index is -0.198. The molecule has 4 heterocycles. The van der Waals surface area contributed by atoms with Crippen LogP contribution < -0.4 is 10.2 Å². The van der Waals surface area contributed by atoms with Gasteiger partial charge in [-0.3, -0.25) is 14.7 Å². The fraction of sp³-hybridized carbons (Fsp3) is 0.308. The maximum atomic E-state index is 13.2. The van der Waals surface area contributed by atoms with Crippen molar-refractivity contribution in [2.75, 3.05) is 42.9 Å². The van der Waals surface area contributed by atoms with E-state index in [4.69, 9.17) is 0 Å². The van der Waals surface area contributed by atoms with Crippen molar-refractivity contribution in [2.45, 2.75) is 20.3 Å². The number of piperazine rings is 1. The molecule has 1 saturated heterocycles. The van der Waals surface area contributed by atoms with Gasteiger partial charge in [-0.15, -0.1) is 0 Å². The van der Waals surface area contributed by atoms with Crippen LogP contribution in [0.1, 0.15) is 27.3 Å². The zero-order valence-corrected chi connectivity index (χ0v) is 19.6. The molecule has 0 spiro atoms. The average molecular weight is 456 g/mol. The molecule has 1 aliphatic heterocycles. The molecule has 34 heavy (non-hydrogen) atoms. The predicted octanol–water partition coefficient (Wildman–Crippen LogP) is 3.36. The SMILES string of the molecule is Cc1cc(C)n2ncc(C(=O)Nc3ccccc3N3CCN(CCc4ccncc4)CC3)c2n1. The summed E-state index contributed by atoms with van der Waals surface area (Å²) in [5.41, 5.74) is 6.03. The Bertz CT molecular complexity index is 1290. The highest BCUT2D eigenvalue weighted by Crippen LogP contribution is 2.27. The molecule has 174 valence electrons. The van der Waals surface area contributed by atoms with E-state index in [1.807, 2.05) is 50.5 Å². The zero-order chi connectivity index (χ0) is 23.5. The van der Waals surface area contributed by atoms with Crippen LogP contribution in [0.25, 0.3) is 5.65 Å². The first kappa shape index (κ1) is 22.0. The quantitative estimate of drug-likeness (QED) is 0.480. The van der Waals surface area contributed by atoms with Gasteiger partial charge in [0.25, 0.3) is 5.91 Å². The van der Waals surface area contributed by atoms with Crippen molar-refractivity contribution in [2.24, 2.45) is 0 Å². The molecule has 5 rings (SSSR count). The van der Waals surface area contributed by atoms with E-state index in [9.17, 15) is 4.79 Å². The van der Waals surface area contributed by atoms with Gasteiger partial charge in [-0.1, -0.05) is 12.1 Å². The van der Waals surface area contributed by atoms with Gasteiger partial charge in [0, 0.05) is 56.5 Å². The summed E-state index contributed by atoms with van der Waals surface area (Å²) in [6, 6.07) is 14.1. The number of nitrogens with zero attached hydrogens (tertiary/aromatic N) is 6. The van der Waals surface area contributed by atoms with E-state index in [0.29, 0.717) is 11.2 Å². The molecule has 8 heteroatoms. The minimum Gasteiger partial charge on any atom is -0.367 e. The normalized spacial score (nSPS) is 14.5. The summed E-state index contributed by atoms with van der Waals surface area (Å²) in [5.74, 6) is -0.198. The molecule has 1 aliphatic rings. The molecular formula is C26H29N7O. The number of benzene rings is 1. The fourth-order valence-corrected chi connectivity index (χ4v) is 4.52. The first-order valence-corrected chi connectivity index (χ1v) is 11.7. The van der Waals surface area contributed by atoms with Crippen molar-refractivity contribution in [3.63, 3.8) is 0 Å². The molecule has 1 amide bonds. The van der Waals surface area contributed by atoms with E-state index in [-0.39, 0.29) is 5.91 Å². The summed E-state index contributed by atoms with van der Waals surface area (Å²) in [5, 5.41) is 7.46. The van der Waals surface area contributed by atoms with E-state index >= 15 is 0 Å². The molecule has 0 unspecified atom stereocenters. The van der Waals surface area contributed by atoms with Gasteiger partial charge in [0.2, 0.25) is 0 Å². The number of rotatable bonds is 6. The second kappa shape index (κ2) is 9.61. The molecule has 0 bridgehead atoms. The Kier molecular flexibility index (Phi) is 6.22. The Labute approximate surface area is 199 Å². The Balaban J connectivity index is 1.26. The number of aromatic nitrogens is 4. The van der Waals surface area contributed by atoms with Crippen molar-refractivity contribution in [3.8, 4) is 0 Å². The van der Waals surface area contributed by atoms with Crippen LogP contribution in [0.3, 0.4) is 0 Å². The lowest BCUT2D eigenvalue weighted by Gasteiger charge is -2.37. The number of carbonyl (C=O) groups is 1. The number of aryl methyl sites for hydroxylation is 2. The Morgan fingerprint density at radius 2 is 1.79 bits per heavy atom. The van der Waals surface area contributed by atoms with Crippen LogP contribution in [-0.2, 0) is 6.42 Å². The first-order chi connectivity index (χ1) is 16.6. The highest BCUT2D eigenvalue weighted by molar-refractivity contribution is 6.09. The van der Waals surface area contributed by atoms with Crippen LogP contribution in [0.5, 0.6) is 0 Å². The molecule has 1 N–H and O–H groups in total. The van der Waals surface area contributed by atoms with Gasteiger partial charge < -0.3 is 10.2 Å². The highest BCUT2D eigenvalue weighted by atomic mass is 16.1. The third-order valence-electron chi connectivity index (χ3n) is 6.35. The molecular weight excluding hydrogens is 426 g/mol. The number of pyridine rings is 1. The van der Waals surface area contributed by atoms with Crippen molar-refractivity contribution >= 4 is 22.9 Å². The lowest BCUT2D eigenvalue weighted by atomic mass is 10.1. The second-order valence-electron chi connectivity index (χ2n) is 8.74. The smallest absolute Gasteiger partial charge is 0.261 e. The largest absolute Gasteiger partial charge is 0.367 e. The number of carbonyl (C=O) groups excluding carboxylic acids is 1. The van der Waals surface area contributed by atoms with Gasteiger partial charge in [0.05, 0.1) is 17.6 Å². The number of hydrogen-bond donors (Lipinski definition) is 1. The third-order valence-corrected chi connectivity index (χ3v) is 6.35. The van der Waals surface area contributed by atoms with Gasteiger partial charge >= 0.3 is 0 Å². The fourth-order valence-electron chi connectivity index (χ4n) is 4.52. The number of anilines is 2. The summed E-state index contributed by atoms with van der Waals surface area (Å²) in [6.07, 6.45) is 6.32. The molecule has 3 aromatic heterocycles. The topological polar surface area (TPSA) is 78.7 Å². The summed E-state index contributed by atoms with van der Waals surface area (Å²) < 4.78 is 1.71. The second-order valence-corrected chi connectivity index (χ2v) is 8.74. The van der Waals surface area contributed by atoms with E-state index in [1.165, 1.54) is 5.56 Å². The summed E-state index contributed by atoms with van der Waals surface area (Å²) in [7, 11) is 0. The van der Waals surface area contributed by atoms with Crippen molar-refractivity contribution in [1.29, 1.82) is 0 Å². The molecule has 0 aliphatic carbocycles. The minimum absolute atomic E-state index is 0.198. The molecule has 8 nitrogen and oxygen atoms in total. The Morgan fingerprint density at radius 1 is 1.03 bits per heavy atom. The molecule has 1 fully saturated rings. The lowest BCUT2D eigenvalue weighted by molar-refractivity contribution is 0.102. The van der Waals surface area contributed by atoms with Gasteiger partial charge in [-0.05, 0) is 56.2 Å². The number of para-hydroxylation sites is 2. The lowest BCUT2D eigenvalue weighted by Crippen LogP contribution is -2.47. The summed E-state index contributed by atoms with van der Waals surface area (Å²) >= 11 is 0. The highest BCUT2D eigenvalue weighted by Gasteiger charge is 2.21. The molecule has 1 aromatic carbocycles. The Hall–Kier alpha value is -3.78. The Morgan fingerprint density at radius 3 is 2.59 bits per heavy atom. The van der Waals surface area contributed by atoms with Gasteiger partial charge in [0.1, 0.15) is 5.56 Å². The van der Waals surface area contributed by atoms with Crippen LogP contribution in [0.15, 0.2) is 61.1 Å². The first-order valence-electron chi connectivity index (χ1n) is 11.7. The standard InChI is InChI=1S/C26H29N7O/c1-19-17-20(2)33-25(29-19)22(18-28-33)26(34)30-23-5-3-4-6-24(23)32-15-13-31(14-16-32)12-9-21-7-10-27-11-8-21/h3-8,10-11,17-18H,9,12-16H2,1-2H3,(H,30,34). The van der Waals surface area contributed by atoms with Crippen molar-refractivity contribution in [3.05, 3.63) is 83.6 Å². The van der Waals surface area contributed by atoms with Crippen LogP contribution in [0, 0.1) is 13.8 Å². The number of fused-ring (bicyclic) bond motifs is 1. The van der Waals surface area contributed by atoms with Crippen molar-refractivity contribution in [1.82, 2.24) is 24.5 Å². The van der Waals surface area contributed by atoms with Gasteiger partial charge in [-0.25, -0.2) is 9.50 Å². The number of nitrogens with one attached hydrogen (secondary N) is 1. The van der Waals surface area contributed by atoms with Gasteiger partial charge in [0.15, 0.2) is 5.65 Å². The summed E-state index contributed by atoms with van der Waals surface area (Å²) in [6.45, 7) is 8.74. The van der Waals surface area contributed by atoms with Crippen LogP contribution >= 0.6 is 0 Å². The van der Waals surface area contributed by atoms with E-state index in [1.54, 1.807) is 10.7 Å². The number of amides is 1. The van der Waals surface area contributed by atoms with Gasteiger partial charge in [-0.2, -0.15) is 5.10 Å². The molecule has 4 aromatic rings. The average Bonchev–Trinajstić information content (AvgIpc) is 3.28. The maximum Gasteiger partial charge on any atom is 0.261 e. The van der Waals surface area contributed by atoms with E-state index in [2.05, 4.69) is 48.4 Å². The predicted molar refractivity (Wildman–Crippen MR) is 133 cm³/mol.